The fraction of sp³-hybridized carbons (Fsp3) is 0.333. The van der Waals surface area contributed by atoms with Crippen LogP contribution < -0.4 is 9.80 Å². The summed E-state index contributed by atoms with van der Waals surface area (Å²) in [5.41, 5.74) is 5.52. The first kappa shape index (κ1) is 9.34. The fourth-order valence-electron chi connectivity index (χ4n) is 3.23. The molecule has 2 unspecified atom stereocenters. The summed E-state index contributed by atoms with van der Waals surface area (Å²) in [5.74, 6) is 1.56. The van der Waals surface area contributed by atoms with Gasteiger partial charge in [0.25, 0.3) is 0 Å². The van der Waals surface area contributed by atoms with Gasteiger partial charge in [-0.2, -0.15) is 0 Å². The van der Waals surface area contributed by atoms with Gasteiger partial charge in [0.15, 0.2) is 0 Å². The molecule has 0 spiro atoms. The molecule has 4 rings (SSSR count). The molecule has 2 heteroatoms. The van der Waals surface area contributed by atoms with Crippen LogP contribution in [0, 0.1) is 11.8 Å². The average Bonchev–Trinajstić information content (AvgIpc) is 3.14. The van der Waals surface area contributed by atoms with Crippen LogP contribution in [-0.4, -0.2) is 14.1 Å². The standard InChI is InChI=1S/C15H16N2/c1-16-12-5-3-4-6-13(12)17(2)15-11-9-10(11)7-8-14(15)16/h3-8,10-11H,9H2,1-2H3. The molecular weight excluding hydrogens is 208 g/mol. The molecule has 1 aliphatic heterocycles. The molecule has 0 aromatic heterocycles. The van der Waals surface area contributed by atoms with Crippen molar-refractivity contribution in [3.63, 3.8) is 0 Å². The number of fused-ring (bicyclic) bond motifs is 3. The minimum Gasteiger partial charge on any atom is -0.344 e. The zero-order chi connectivity index (χ0) is 11.6. The Hall–Kier alpha value is -1.70. The molecule has 0 amide bonds. The van der Waals surface area contributed by atoms with Crippen LogP contribution in [-0.2, 0) is 0 Å². The maximum absolute atomic E-state index is 2.39. The van der Waals surface area contributed by atoms with Crippen LogP contribution in [0.5, 0.6) is 0 Å². The molecule has 0 N–H and O–H groups in total. The summed E-state index contributed by atoms with van der Waals surface area (Å²) in [6.07, 6.45) is 6.01. The van der Waals surface area contributed by atoms with Crippen LogP contribution in [0.3, 0.4) is 0 Å². The largest absolute Gasteiger partial charge is 0.344 e. The monoisotopic (exact) mass is 224 g/mol. The highest BCUT2D eigenvalue weighted by Gasteiger charge is 2.45. The first-order chi connectivity index (χ1) is 8.27. The second kappa shape index (κ2) is 2.95. The lowest BCUT2D eigenvalue weighted by molar-refractivity contribution is 0.804. The minimum absolute atomic E-state index is 0.760. The third-order valence-corrected chi connectivity index (χ3v) is 4.28. The summed E-state index contributed by atoms with van der Waals surface area (Å²) in [6, 6.07) is 8.65. The van der Waals surface area contributed by atoms with Gasteiger partial charge in [0.2, 0.25) is 0 Å². The number of hydrogen-bond acceptors (Lipinski definition) is 2. The third-order valence-electron chi connectivity index (χ3n) is 4.28. The molecule has 1 heterocycles. The van der Waals surface area contributed by atoms with Crippen molar-refractivity contribution >= 4 is 11.4 Å². The number of hydrogen-bond donors (Lipinski definition) is 0. The number of allylic oxidation sites excluding steroid dienone is 3. The highest BCUT2D eigenvalue weighted by atomic mass is 15.3. The van der Waals surface area contributed by atoms with Gasteiger partial charge < -0.3 is 9.80 Å². The van der Waals surface area contributed by atoms with Crippen LogP contribution in [0.25, 0.3) is 0 Å². The second-order valence-electron chi connectivity index (χ2n) is 5.24. The van der Waals surface area contributed by atoms with Gasteiger partial charge in [-0.05, 0) is 30.5 Å². The first-order valence-electron chi connectivity index (χ1n) is 6.26. The molecule has 1 fully saturated rings. The summed E-state index contributed by atoms with van der Waals surface area (Å²) in [7, 11) is 4.38. The van der Waals surface area contributed by atoms with E-state index in [-0.39, 0.29) is 0 Å². The van der Waals surface area contributed by atoms with Gasteiger partial charge in [0.1, 0.15) is 0 Å². The van der Waals surface area contributed by atoms with E-state index in [1.54, 1.807) is 0 Å². The molecule has 0 radical (unpaired) electrons. The normalized spacial score (nSPS) is 28.8. The Morgan fingerprint density at radius 1 is 1.06 bits per heavy atom. The Morgan fingerprint density at radius 3 is 2.53 bits per heavy atom. The predicted octanol–water partition coefficient (Wildman–Crippen LogP) is 2.99. The van der Waals surface area contributed by atoms with Crippen molar-refractivity contribution in [1.82, 2.24) is 0 Å². The molecule has 0 bridgehead atoms. The van der Waals surface area contributed by atoms with Crippen LogP contribution in [0.4, 0.5) is 11.4 Å². The van der Waals surface area contributed by atoms with Gasteiger partial charge in [0, 0.05) is 25.7 Å². The van der Waals surface area contributed by atoms with Crippen molar-refractivity contribution in [2.75, 3.05) is 23.9 Å². The molecule has 2 atom stereocenters. The number of nitrogens with zero attached hydrogens (tertiary/aromatic N) is 2. The van der Waals surface area contributed by atoms with Crippen LogP contribution in [0.1, 0.15) is 6.42 Å². The number of benzene rings is 1. The van der Waals surface area contributed by atoms with Crippen LogP contribution in [0.2, 0.25) is 0 Å². The summed E-state index contributed by atoms with van der Waals surface area (Å²) >= 11 is 0. The zero-order valence-corrected chi connectivity index (χ0v) is 10.2. The average molecular weight is 224 g/mol. The number of likely N-dealkylation sites (N-methyl/N-ethyl adjacent to an activating group) is 1. The van der Waals surface area contributed by atoms with E-state index >= 15 is 0 Å². The SMILES string of the molecule is CN1C2=C(C3CC3C=C2)N(C)c2ccccc21. The van der Waals surface area contributed by atoms with Gasteiger partial charge in [0.05, 0.1) is 17.1 Å². The third kappa shape index (κ3) is 1.10. The van der Waals surface area contributed by atoms with Crippen molar-refractivity contribution in [2.24, 2.45) is 11.8 Å². The molecule has 1 saturated carbocycles. The maximum atomic E-state index is 2.39. The molecule has 1 aromatic rings. The lowest BCUT2D eigenvalue weighted by Gasteiger charge is -2.39. The van der Waals surface area contributed by atoms with E-state index in [1.807, 2.05) is 0 Å². The smallest absolute Gasteiger partial charge is 0.0649 e. The van der Waals surface area contributed by atoms with Crippen molar-refractivity contribution in [1.29, 1.82) is 0 Å². The highest BCUT2D eigenvalue weighted by molar-refractivity contribution is 5.80. The molecule has 1 aromatic carbocycles. The molecule has 0 saturated heterocycles. The second-order valence-corrected chi connectivity index (χ2v) is 5.24. The molecule has 2 nitrogen and oxygen atoms in total. The molecular formula is C15H16N2. The lowest BCUT2D eigenvalue weighted by Crippen LogP contribution is -2.33. The minimum atomic E-state index is 0.760. The van der Waals surface area contributed by atoms with Crippen LogP contribution >= 0.6 is 0 Å². The number of rotatable bonds is 0. The Kier molecular flexibility index (Phi) is 1.62. The Labute approximate surface area is 102 Å². The van der Waals surface area contributed by atoms with Gasteiger partial charge in [-0.15, -0.1) is 0 Å². The molecule has 3 aliphatic rings. The Balaban J connectivity index is 1.93. The maximum Gasteiger partial charge on any atom is 0.0649 e. The molecule has 2 aliphatic carbocycles. The highest BCUT2D eigenvalue weighted by Crippen LogP contribution is 2.54. The Bertz CT molecular complexity index is 556. The van der Waals surface area contributed by atoms with E-state index in [0.29, 0.717) is 0 Å². The van der Waals surface area contributed by atoms with Crippen LogP contribution in [0.15, 0.2) is 47.8 Å². The van der Waals surface area contributed by atoms with Crippen molar-refractivity contribution in [3.8, 4) is 0 Å². The van der Waals surface area contributed by atoms with Gasteiger partial charge in [-0.3, -0.25) is 0 Å². The fourth-order valence-corrected chi connectivity index (χ4v) is 3.23. The van der Waals surface area contributed by atoms with E-state index in [2.05, 4.69) is 60.3 Å². The first-order valence-corrected chi connectivity index (χ1v) is 6.26. The summed E-state index contributed by atoms with van der Waals surface area (Å²) < 4.78 is 0. The van der Waals surface area contributed by atoms with Gasteiger partial charge >= 0.3 is 0 Å². The lowest BCUT2D eigenvalue weighted by atomic mass is 10.0. The topological polar surface area (TPSA) is 6.48 Å². The van der Waals surface area contributed by atoms with Gasteiger partial charge in [-0.1, -0.05) is 18.2 Å². The summed E-state index contributed by atoms with van der Waals surface area (Å²) in [5, 5.41) is 0. The van der Waals surface area contributed by atoms with Gasteiger partial charge in [-0.25, -0.2) is 0 Å². The van der Waals surface area contributed by atoms with E-state index in [0.717, 1.165) is 11.8 Å². The van der Waals surface area contributed by atoms with Crippen molar-refractivity contribution < 1.29 is 0 Å². The van der Waals surface area contributed by atoms with E-state index in [9.17, 15) is 0 Å². The summed E-state index contributed by atoms with van der Waals surface area (Å²) in [6.45, 7) is 0. The van der Waals surface area contributed by atoms with E-state index in [4.69, 9.17) is 0 Å². The van der Waals surface area contributed by atoms with Crippen molar-refractivity contribution in [2.45, 2.75) is 6.42 Å². The molecule has 17 heavy (non-hydrogen) atoms. The van der Waals surface area contributed by atoms with E-state index < -0.39 is 0 Å². The number of para-hydroxylation sites is 2. The summed E-state index contributed by atoms with van der Waals surface area (Å²) in [4.78, 5) is 4.72. The zero-order valence-electron chi connectivity index (χ0n) is 10.2. The quantitative estimate of drug-likeness (QED) is 0.668. The molecule has 86 valence electrons. The number of anilines is 2. The van der Waals surface area contributed by atoms with E-state index in [1.165, 1.54) is 29.2 Å². The Morgan fingerprint density at radius 2 is 1.76 bits per heavy atom. The predicted molar refractivity (Wildman–Crippen MR) is 71.0 cm³/mol. The van der Waals surface area contributed by atoms with Crippen molar-refractivity contribution in [3.05, 3.63) is 47.8 Å².